The van der Waals surface area contributed by atoms with Crippen LogP contribution in [0.2, 0.25) is 18.1 Å². The number of carbonyl (C=O) groups excluding carboxylic acids is 1. The summed E-state index contributed by atoms with van der Waals surface area (Å²) in [6.07, 6.45) is 4.77. The van der Waals surface area contributed by atoms with Gasteiger partial charge in [-0.2, -0.15) is 0 Å². The molecule has 0 saturated heterocycles. The van der Waals surface area contributed by atoms with Gasteiger partial charge in [0.1, 0.15) is 18.1 Å². The quantitative estimate of drug-likeness (QED) is 0.269. The molecule has 0 N–H and O–H groups in total. The number of allylic oxidation sites excluding steroid dienone is 1. The van der Waals surface area contributed by atoms with Gasteiger partial charge in [-0.3, -0.25) is 4.79 Å². The van der Waals surface area contributed by atoms with Gasteiger partial charge in [-0.15, -0.1) is 0 Å². The summed E-state index contributed by atoms with van der Waals surface area (Å²) >= 11 is 0. The summed E-state index contributed by atoms with van der Waals surface area (Å²) < 4.78 is 22.1. The van der Waals surface area contributed by atoms with Crippen molar-refractivity contribution >= 4 is 14.3 Å². The van der Waals surface area contributed by atoms with Crippen molar-refractivity contribution in [3.8, 4) is 11.5 Å². The lowest BCUT2D eigenvalue weighted by molar-refractivity contribution is -0.146. The molecule has 1 aromatic rings. The molecule has 0 saturated carbocycles. The van der Waals surface area contributed by atoms with Crippen molar-refractivity contribution in [2.24, 2.45) is 11.8 Å². The second-order valence-electron chi connectivity index (χ2n) is 8.79. The minimum Gasteiger partial charge on any atom is -0.497 e. The molecule has 1 rings (SSSR count). The zero-order valence-corrected chi connectivity index (χ0v) is 20.3. The first-order valence-electron chi connectivity index (χ1n) is 10.2. The molecular formula is C23H38O5Si. The van der Waals surface area contributed by atoms with E-state index in [1.165, 1.54) is 7.11 Å². The van der Waals surface area contributed by atoms with Gasteiger partial charge in [0.25, 0.3) is 0 Å². The van der Waals surface area contributed by atoms with E-state index in [9.17, 15) is 4.79 Å². The van der Waals surface area contributed by atoms with Gasteiger partial charge in [0, 0.05) is 6.61 Å². The number of hydrogen-bond donors (Lipinski definition) is 0. The lowest BCUT2D eigenvalue weighted by Gasteiger charge is -2.36. The van der Waals surface area contributed by atoms with Crippen molar-refractivity contribution in [3.05, 3.63) is 36.4 Å². The fourth-order valence-corrected chi connectivity index (χ4v) is 3.65. The van der Waals surface area contributed by atoms with E-state index >= 15 is 0 Å². The standard InChI is InChI=1S/C23H38O5Si/c1-18(22(24)26-6)19(15-17-28-29(7,8)23(2,3)4)10-9-16-27-21-13-11-20(25-5)12-14-21/h9-14,18-19H,15-17H2,1-8H3/t18-,19+/m1/s1. The van der Waals surface area contributed by atoms with E-state index in [0.29, 0.717) is 13.2 Å². The van der Waals surface area contributed by atoms with Crippen LogP contribution < -0.4 is 9.47 Å². The summed E-state index contributed by atoms with van der Waals surface area (Å²) in [5.74, 6) is 1.16. The van der Waals surface area contributed by atoms with Crippen molar-refractivity contribution in [1.82, 2.24) is 0 Å². The Bertz CT molecular complexity index is 646. The number of methoxy groups -OCH3 is 2. The molecule has 0 amide bonds. The van der Waals surface area contributed by atoms with Gasteiger partial charge in [-0.25, -0.2) is 0 Å². The highest BCUT2D eigenvalue weighted by Crippen LogP contribution is 2.37. The summed E-state index contributed by atoms with van der Waals surface area (Å²) in [5, 5.41) is 0.165. The molecule has 1 aromatic carbocycles. The van der Waals surface area contributed by atoms with Crippen LogP contribution in [0.5, 0.6) is 11.5 Å². The molecule has 0 aliphatic carbocycles. The molecule has 2 atom stereocenters. The van der Waals surface area contributed by atoms with E-state index in [2.05, 4.69) is 33.9 Å². The van der Waals surface area contributed by atoms with Crippen LogP contribution in [0.1, 0.15) is 34.1 Å². The zero-order chi connectivity index (χ0) is 22.1. The lowest BCUT2D eigenvalue weighted by atomic mass is 9.91. The summed E-state index contributed by atoms with van der Waals surface area (Å²) in [5.41, 5.74) is 0. The Balaban J connectivity index is 2.66. The van der Waals surface area contributed by atoms with Crippen molar-refractivity contribution in [2.75, 3.05) is 27.4 Å². The molecule has 0 radical (unpaired) electrons. The van der Waals surface area contributed by atoms with Crippen LogP contribution >= 0.6 is 0 Å². The van der Waals surface area contributed by atoms with Crippen molar-refractivity contribution in [2.45, 2.75) is 52.2 Å². The molecule has 6 heteroatoms. The van der Waals surface area contributed by atoms with Gasteiger partial charge in [0.15, 0.2) is 8.32 Å². The number of hydrogen-bond acceptors (Lipinski definition) is 5. The molecule has 0 aromatic heterocycles. The number of rotatable bonds is 11. The Kier molecular flexibility index (Phi) is 9.93. The largest absolute Gasteiger partial charge is 0.497 e. The highest BCUT2D eigenvalue weighted by atomic mass is 28.4. The Hall–Kier alpha value is -1.79. The van der Waals surface area contributed by atoms with E-state index in [1.807, 2.05) is 43.3 Å². The Labute approximate surface area is 177 Å². The fourth-order valence-electron chi connectivity index (χ4n) is 2.59. The van der Waals surface area contributed by atoms with E-state index in [1.54, 1.807) is 7.11 Å². The minimum atomic E-state index is -1.81. The average molecular weight is 423 g/mol. The molecule has 0 fully saturated rings. The minimum absolute atomic E-state index is 0.0340. The number of carbonyl (C=O) groups is 1. The molecule has 29 heavy (non-hydrogen) atoms. The van der Waals surface area contributed by atoms with Crippen LogP contribution in [0.25, 0.3) is 0 Å². The molecule has 0 heterocycles. The van der Waals surface area contributed by atoms with E-state index in [0.717, 1.165) is 17.9 Å². The second-order valence-corrected chi connectivity index (χ2v) is 13.6. The van der Waals surface area contributed by atoms with Crippen molar-refractivity contribution in [3.63, 3.8) is 0 Å². The average Bonchev–Trinajstić information content (AvgIpc) is 2.68. The van der Waals surface area contributed by atoms with Crippen molar-refractivity contribution < 1.29 is 23.4 Å². The first-order chi connectivity index (χ1) is 13.5. The number of esters is 1. The van der Waals surface area contributed by atoms with Gasteiger partial charge in [-0.05, 0) is 54.7 Å². The van der Waals surface area contributed by atoms with Gasteiger partial charge in [0.05, 0.1) is 20.1 Å². The highest BCUT2D eigenvalue weighted by Gasteiger charge is 2.37. The van der Waals surface area contributed by atoms with Gasteiger partial charge < -0.3 is 18.6 Å². The van der Waals surface area contributed by atoms with Crippen LogP contribution in [0, 0.1) is 11.8 Å². The molecule has 5 nitrogen and oxygen atoms in total. The highest BCUT2D eigenvalue weighted by molar-refractivity contribution is 6.74. The molecule has 0 aliphatic heterocycles. The van der Waals surface area contributed by atoms with Gasteiger partial charge in [-0.1, -0.05) is 39.8 Å². The maximum Gasteiger partial charge on any atom is 0.308 e. The maximum absolute atomic E-state index is 12.1. The van der Waals surface area contributed by atoms with Crippen LogP contribution in [-0.4, -0.2) is 41.7 Å². The normalized spacial score (nSPS) is 14.5. The smallest absolute Gasteiger partial charge is 0.308 e. The monoisotopic (exact) mass is 422 g/mol. The first kappa shape index (κ1) is 25.2. The molecule has 0 spiro atoms. The van der Waals surface area contributed by atoms with Gasteiger partial charge >= 0.3 is 5.97 Å². The fraction of sp³-hybridized carbons (Fsp3) is 0.609. The van der Waals surface area contributed by atoms with Crippen molar-refractivity contribution in [1.29, 1.82) is 0 Å². The Morgan fingerprint density at radius 2 is 1.69 bits per heavy atom. The number of ether oxygens (including phenoxy) is 3. The molecule has 0 bridgehead atoms. The summed E-state index contributed by atoms with van der Waals surface area (Å²) in [7, 11) is 1.26. The molecule has 164 valence electrons. The summed E-state index contributed by atoms with van der Waals surface area (Å²) in [6, 6.07) is 7.46. The van der Waals surface area contributed by atoms with E-state index in [-0.39, 0.29) is 22.8 Å². The van der Waals surface area contributed by atoms with Gasteiger partial charge in [0.2, 0.25) is 0 Å². The maximum atomic E-state index is 12.1. The third kappa shape index (κ3) is 8.23. The number of benzene rings is 1. The van der Waals surface area contributed by atoms with Crippen LogP contribution in [0.15, 0.2) is 36.4 Å². The van der Waals surface area contributed by atoms with E-state index in [4.69, 9.17) is 18.6 Å². The Morgan fingerprint density at radius 1 is 1.10 bits per heavy atom. The lowest BCUT2D eigenvalue weighted by Crippen LogP contribution is -2.41. The zero-order valence-electron chi connectivity index (χ0n) is 19.3. The molecule has 0 unspecified atom stereocenters. The Morgan fingerprint density at radius 3 is 2.21 bits per heavy atom. The molecule has 0 aliphatic rings. The van der Waals surface area contributed by atoms with E-state index < -0.39 is 8.32 Å². The predicted octanol–water partition coefficient (Wildman–Crippen LogP) is 5.47. The predicted molar refractivity (Wildman–Crippen MR) is 120 cm³/mol. The summed E-state index contributed by atoms with van der Waals surface area (Å²) in [6.45, 7) is 14.1. The SMILES string of the molecule is COC(=O)[C@H](C)[C@@H](C=CCOc1ccc(OC)cc1)CCO[Si](C)(C)C(C)(C)C. The van der Waals surface area contributed by atoms with Crippen LogP contribution in [0.3, 0.4) is 0 Å². The molecular weight excluding hydrogens is 384 g/mol. The second kappa shape index (κ2) is 11.4. The third-order valence-corrected chi connectivity index (χ3v) is 10.3. The van der Waals surface area contributed by atoms with Crippen LogP contribution in [-0.2, 0) is 14.0 Å². The topological polar surface area (TPSA) is 54.0 Å². The first-order valence-corrected chi connectivity index (χ1v) is 13.1. The third-order valence-electron chi connectivity index (χ3n) is 5.72. The summed E-state index contributed by atoms with van der Waals surface area (Å²) in [4.78, 5) is 12.1. The van der Waals surface area contributed by atoms with Crippen LogP contribution in [0.4, 0.5) is 0 Å².